The first-order valence-corrected chi connectivity index (χ1v) is 5.39. The van der Waals surface area contributed by atoms with Crippen molar-refractivity contribution in [2.45, 2.75) is 50.2 Å². The summed E-state index contributed by atoms with van der Waals surface area (Å²) in [6.07, 6.45) is 6.03. The lowest BCUT2D eigenvalue weighted by Gasteiger charge is -2.28. The summed E-state index contributed by atoms with van der Waals surface area (Å²) in [5.74, 6) is 1.06. The van der Waals surface area contributed by atoms with Crippen molar-refractivity contribution in [3.8, 4) is 0 Å². The van der Waals surface area contributed by atoms with Crippen molar-refractivity contribution in [3.05, 3.63) is 0 Å². The molecule has 1 saturated heterocycles. The summed E-state index contributed by atoms with van der Waals surface area (Å²) >= 11 is 0. The highest BCUT2D eigenvalue weighted by atomic mass is 16.2. The van der Waals surface area contributed by atoms with Crippen LogP contribution in [0.5, 0.6) is 0 Å². The average Bonchev–Trinajstić information content (AvgIpc) is 2.66. The van der Waals surface area contributed by atoms with Crippen LogP contribution in [-0.4, -0.2) is 24.0 Å². The molecule has 0 spiro atoms. The van der Waals surface area contributed by atoms with E-state index in [1.54, 1.807) is 0 Å². The molecule has 72 valence electrons. The maximum absolute atomic E-state index is 11.6. The molecule has 3 heteroatoms. The number of piperidine rings is 1. The Balaban J connectivity index is 1.50. The van der Waals surface area contributed by atoms with Gasteiger partial charge in [0.05, 0.1) is 6.04 Å². The Morgan fingerprint density at radius 3 is 2.69 bits per heavy atom. The maximum Gasteiger partial charge on any atom is 0.237 e. The van der Waals surface area contributed by atoms with Gasteiger partial charge in [0.2, 0.25) is 5.91 Å². The minimum absolute atomic E-state index is 0.129. The van der Waals surface area contributed by atoms with Crippen molar-refractivity contribution < 1.29 is 4.79 Å². The Hall–Kier alpha value is -0.570. The third-order valence-corrected chi connectivity index (χ3v) is 3.64. The molecule has 2 aliphatic carbocycles. The zero-order valence-corrected chi connectivity index (χ0v) is 7.75. The zero-order chi connectivity index (χ0) is 8.84. The third kappa shape index (κ3) is 1.35. The van der Waals surface area contributed by atoms with Gasteiger partial charge >= 0.3 is 0 Å². The normalized spacial score (nSPS) is 42.3. The fourth-order valence-electron chi connectivity index (χ4n) is 2.38. The zero-order valence-electron chi connectivity index (χ0n) is 7.75. The molecular formula is C10H16N2O. The van der Waals surface area contributed by atoms with E-state index >= 15 is 0 Å². The number of hydrogen-bond acceptors (Lipinski definition) is 2. The van der Waals surface area contributed by atoms with Crippen molar-refractivity contribution in [1.82, 2.24) is 10.6 Å². The smallest absolute Gasteiger partial charge is 0.237 e. The number of carbonyl (C=O) groups excluding carboxylic acids is 1. The molecule has 3 aliphatic rings. The van der Waals surface area contributed by atoms with E-state index < -0.39 is 0 Å². The molecule has 0 aromatic carbocycles. The molecule has 2 saturated carbocycles. The van der Waals surface area contributed by atoms with E-state index in [1.807, 2.05) is 0 Å². The van der Waals surface area contributed by atoms with Gasteiger partial charge in [-0.1, -0.05) is 0 Å². The summed E-state index contributed by atoms with van der Waals surface area (Å²) in [7, 11) is 0. The average molecular weight is 180 g/mol. The molecule has 3 nitrogen and oxygen atoms in total. The standard InChI is InChI=1S/C10H16N2O/c13-10(11-7-2-1-3-7)9-5-6-4-8(6)12-9/h6-9,12H,1-5H2,(H,11,13)/t6-,8-,9-/m0/s1. The Kier molecular flexibility index (Phi) is 1.62. The predicted molar refractivity (Wildman–Crippen MR) is 49.2 cm³/mol. The van der Waals surface area contributed by atoms with Crippen LogP contribution in [0.3, 0.4) is 0 Å². The van der Waals surface area contributed by atoms with Crippen LogP contribution in [0.25, 0.3) is 0 Å². The molecule has 3 fully saturated rings. The minimum atomic E-state index is 0.129. The molecule has 0 bridgehead atoms. The first-order valence-electron chi connectivity index (χ1n) is 5.39. The van der Waals surface area contributed by atoms with Crippen molar-refractivity contribution in [2.75, 3.05) is 0 Å². The number of fused-ring (bicyclic) bond motifs is 1. The Morgan fingerprint density at radius 1 is 1.31 bits per heavy atom. The van der Waals surface area contributed by atoms with E-state index in [2.05, 4.69) is 10.6 Å². The van der Waals surface area contributed by atoms with Gasteiger partial charge in [0.1, 0.15) is 0 Å². The van der Waals surface area contributed by atoms with Crippen LogP contribution in [0, 0.1) is 5.92 Å². The lowest BCUT2D eigenvalue weighted by Crippen LogP contribution is -2.48. The predicted octanol–water partition coefficient (Wildman–Crippen LogP) is 0.405. The molecule has 0 radical (unpaired) electrons. The van der Waals surface area contributed by atoms with Crippen molar-refractivity contribution in [3.63, 3.8) is 0 Å². The SMILES string of the molecule is O=C(NC1CCC1)[C@@H]1C[C@@H]2C[C@@H]2N1. The van der Waals surface area contributed by atoms with Gasteiger partial charge in [-0.25, -0.2) is 0 Å². The first kappa shape index (κ1) is 7.80. The highest BCUT2D eigenvalue weighted by Gasteiger charge is 2.48. The van der Waals surface area contributed by atoms with Gasteiger partial charge in [0, 0.05) is 12.1 Å². The van der Waals surface area contributed by atoms with Crippen molar-refractivity contribution >= 4 is 5.91 Å². The molecule has 2 N–H and O–H groups in total. The van der Waals surface area contributed by atoms with Gasteiger partial charge in [-0.05, 0) is 38.0 Å². The fourth-order valence-corrected chi connectivity index (χ4v) is 2.38. The number of amides is 1. The second-order valence-electron chi connectivity index (χ2n) is 4.69. The molecule has 0 aromatic heterocycles. The molecule has 0 aromatic rings. The second kappa shape index (κ2) is 2.71. The summed E-state index contributed by atoms with van der Waals surface area (Å²) in [6.45, 7) is 0. The van der Waals surface area contributed by atoms with Crippen LogP contribution in [0.1, 0.15) is 32.1 Å². The van der Waals surface area contributed by atoms with Gasteiger partial charge in [0.25, 0.3) is 0 Å². The Labute approximate surface area is 78.3 Å². The minimum Gasteiger partial charge on any atom is -0.352 e. The van der Waals surface area contributed by atoms with Crippen molar-refractivity contribution in [1.29, 1.82) is 0 Å². The lowest BCUT2D eigenvalue weighted by molar-refractivity contribution is -0.124. The van der Waals surface area contributed by atoms with Gasteiger partial charge in [-0.15, -0.1) is 0 Å². The Morgan fingerprint density at radius 2 is 2.15 bits per heavy atom. The summed E-state index contributed by atoms with van der Waals surface area (Å²) in [5.41, 5.74) is 0. The number of nitrogens with one attached hydrogen (secondary N) is 2. The maximum atomic E-state index is 11.6. The van der Waals surface area contributed by atoms with E-state index in [1.165, 1.54) is 25.7 Å². The first-order chi connectivity index (χ1) is 6.33. The van der Waals surface area contributed by atoms with E-state index in [0.717, 1.165) is 12.3 Å². The molecular weight excluding hydrogens is 164 g/mol. The van der Waals surface area contributed by atoms with Gasteiger partial charge < -0.3 is 10.6 Å². The summed E-state index contributed by atoms with van der Waals surface area (Å²) in [6, 6.07) is 1.30. The van der Waals surface area contributed by atoms with Gasteiger partial charge in [0.15, 0.2) is 0 Å². The highest BCUT2D eigenvalue weighted by molar-refractivity contribution is 5.82. The highest BCUT2D eigenvalue weighted by Crippen LogP contribution is 2.40. The molecule has 3 atom stereocenters. The summed E-state index contributed by atoms with van der Waals surface area (Å²) in [5, 5.41) is 6.47. The summed E-state index contributed by atoms with van der Waals surface area (Å²) in [4.78, 5) is 11.6. The van der Waals surface area contributed by atoms with Gasteiger partial charge in [-0.2, -0.15) is 0 Å². The number of rotatable bonds is 2. The van der Waals surface area contributed by atoms with Crippen LogP contribution >= 0.6 is 0 Å². The summed E-state index contributed by atoms with van der Waals surface area (Å²) < 4.78 is 0. The molecule has 0 unspecified atom stereocenters. The monoisotopic (exact) mass is 180 g/mol. The van der Waals surface area contributed by atoms with E-state index in [9.17, 15) is 4.79 Å². The van der Waals surface area contributed by atoms with Crippen LogP contribution in [-0.2, 0) is 4.79 Å². The fraction of sp³-hybridized carbons (Fsp3) is 0.900. The quantitative estimate of drug-likeness (QED) is 0.646. The van der Waals surface area contributed by atoms with Crippen LogP contribution < -0.4 is 10.6 Å². The van der Waals surface area contributed by atoms with Crippen LogP contribution in [0.15, 0.2) is 0 Å². The molecule has 13 heavy (non-hydrogen) atoms. The topological polar surface area (TPSA) is 41.1 Å². The Bertz CT molecular complexity index is 227. The third-order valence-electron chi connectivity index (χ3n) is 3.64. The van der Waals surface area contributed by atoms with Gasteiger partial charge in [-0.3, -0.25) is 4.79 Å². The molecule has 3 rings (SSSR count). The van der Waals surface area contributed by atoms with Crippen molar-refractivity contribution in [2.24, 2.45) is 5.92 Å². The van der Waals surface area contributed by atoms with Crippen LogP contribution in [0.2, 0.25) is 0 Å². The lowest BCUT2D eigenvalue weighted by atomic mass is 9.93. The van der Waals surface area contributed by atoms with E-state index in [4.69, 9.17) is 0 Å². The molecule has 1 aliphatic heterocycles. The largest absolute Gasteiger partial charge is 0.352 e. The second-order valence-corrected chi connectivity index (χ2v) is 4.69. The molecule has 1 amide bonds. The van der Waals surface area contributed by atoms with Crippen LogP contribution in [0.4, 0.5) is 0 Å². The van der Waals surface area contributed by atoms with E-state index in [-0.39, 0.29) is 11.9 Å². The van der Waals surface area contributed by atoms with E-state index in [0.29, 0.717) is 12.1 Å². The molecule has 1 heterocycles. The number of hydrogen-bond donors (Lipinski definition) is 2. The number of carbonyl (C=O) groups is 1.